The number of rotatable bonds is 3. The van der Waals surface area contributed by atoms with Gasteiger partial charge in [-0.2, -0.15) is 0 Å². The molecule has 72 valence electrons. The number of fused-ring (bicyclic) bond motifs is 1. The van der Waals surface area contributed by atoms with Gasteiger partial charge in [-0.15, -0.1) is 0 Å². The summed E-state index contributed by atoms with van der Waals surface area (Å²) >= 11 is 0. The molecule has 0 spiro atoms. The van der Waals surface area contributed by atoms with Crippen LogP contribution in [0.4, 0.5) is 5.69 Å². The minimum Gasteiger partial charge on any atom is -0.384 e. The summed E-state index contributed by atoms with van der Waals surface area (Å²) in [5.41, 5.74) is 2.25. The fraction of sp³-hybridized carbons (Fsp3) is 0.200. The molecule has 2 heterocycles. The number of carbonyl (C=O) groups is 1. The van der Waals surface area contributed by atoms with E-state index in [1.165, 1.54) is 0 Å². The molecule has 2 aromatic rings. The maximum absolute atomic E-state index is 10.8. The summed E-state index contributed by atoms with van der Waals surface area (Å²) < 4.78 is 0. The van der Waals surface area contributed by atoms with Crippen LogP contribution in [-0.4, -0.2) is 22.8 Å². The maximum atomic E-state index is 10.8. The van der Waals surface area contributed by atoms with Gasteiger partial charge < -0.3 is 10.3 Å². The van der Waals surface area contributed by atoms with Crippen LogP contribution in [0.3, 0.4) is 0 Å². The third kappa shape index (κ3) is 1.25. The molecule has 0 saturated carbocycles. The molecule has 4 heteroatoms. The van der Waals surface area contributed by atoms with E-state index in [2.05, 4.69) is 15.3 Å². The van der Waals surface area contributed by atoms with E-state index in [1.54, 1.807) is 6.20 Å². The van der Waals surface area contributed by atoms with Crippen LogP contribution in [-0.2, 0) is 0 Å². The molecule has 0 unspecified atom stereocenters. The molecule has 4 nitrogen and oxygen atoms in total. The van der Waals surface area contributed by atoms with Crippen LogP contribution < -0.4 is 5.32 Å². The zero-order chi connectivity index (χ0) is 9.97. The van der Waals surface area contributed by atoms with E-state index in [4.69, 9.17) is 0 Å². The fourth-order valence-corrected chi connectivity index (χ4v) is 1.49. The third-order valence-electron chi connectivity index (χ3n) is 2.10. The van der Waals surface area contributed by atoms with E-state index in [0.29, 0.717) is 5.56 Å². The molecule has 0 atom stereocenters. The summed E-state index contributed by atoms with van der Waals surface area (Å²) in [6, 6.07) is 1.91. The average molecular weight is 189 g/mol. The molecule has 0 aliphatic heterocycles. The van der Waals surface area contributed by atoms with Gasteiger partial charge >= 0.3 is 0 Å². The van der Waals surface area contributed by atoms with Crippen LogP contribution in [0.5, 0.6) is 0 Å². The molecule has 2 rings (SSSR count). The summed E-state index contributed by atoms with van der Waals surface area (Å²) in [4.78, 5) is 17.9. The van der Waals surface area contributed by atoms with Gasteiger partial charge in [0.05, 0.1) is 11.3 Å². The van der Waals surface area contributed by atoms with Crippen molar-refractivity contribution in [3.8, 4) is 0 Å². The van der Waals surface area contributed by atoms with Crippen molar-refractivity contribution >= 4 is 23.0 Å². The molecule has 0 aliphatic carbocycles. The first kappa shape index (κ1) is 8.74. The van der Waals surface area contributed by atoms with Gasteiger partial charge in [-0.3, -0.25) is 4.79 Å². The van der Waals surface area contributed by atoms with E-state index >= 15 is 0 Å². The molecule has 14 heavy (non-hydrogen) atoms. The standard InChI is InChI=1S/C10H11N3O/c1-2-11-9-7(6-14)5-13-10-8(9)3-4-12-10/h3-6H,2H2,1H3,(H2,11,12,13). The summed E-state index contributed by atoms with van der Waals surface area (Å²) in [5.74, 6) is 0. The zero-order valence-corrected chi connectivity index (χ0v) is 7.87. The van der Waals surface area contributed by atoms with Crippen molar-refractivity contribution in [2.24, 2.45) is 0 Å². The maximum Gasteiger partial charge on any atom is 0.153 e. The number of nitrogens with one attached hydrogen (secondary N) is 2. The predicted octanol–water partition coefficient (Wildman–Crippen LogP) is 1.81. The Morgan fingerprint density at radius 1 is 1.64 bits per heavy atom. The van der Waals surface area contributed by atoms with E-state index in [1.807, 2.05) is 19.2 Å². The highest BCUT2D eigenvalue weighted by molar-refractivity contribution is 5.98. The van der Waals surface area contributed by atoms with Gasteiger partial charge in [0.2, 0.25) is 0 Å². The van der Waals surface area contributed by atoms with Crippen molar-refractivity contribution in [3.05, 3.63) is 24.0 Å². The normalized spacial score (nSPS) is 10.4. The molecule has 2 aromatic heterocycles. The number of hydrogen-bond acceptors (Lipinski definition) is 3. The largest absolute Gasteiger partial charge is 0.384 e. The number of pyridine rings is 1. The second kappa shape index (κ2) is 3.49. The minimum atomic E-state index is 0.596. The summed E-state index contributed by atoms with van der Waals surface area (Å²) in [6.45, 7) is 2.78. The highest BCUT2D eigenvalue weighted by Crippen LogP contribution is 2.23. The molecule has 0 aromatic carbocycles. The molecule has 0 aliphatic rings. The van der Waals surface area contributed by atoms with Crippen molar-refractivity contribution < 1.29 is 4.79 Å². The molecule has 0 fully saturated rings. The summed E-state index contributed by atoms with van der Waals surface area (Å²) in [5, 5.41) is 4.12. The summed E-state index contributed by atoms with van der Waals surface area (Å²) in [7, 11) is 0. The van der Waals surface area contributed by atoms with E-state index < -0.39 is 0 Å². The van der Waals surface area contributed by atoms with Gasteiger partial charge in [-0.25, -0.2) is 4.98 Å². The zero-order valence-electron chi connectivity index (χ0n) is 7.87. The quantitative estimate of drug-likeness (QED) is 0.724. The number of aromatic nitrogens is 2. The van der Waals surface area contributed by atoms with Crippen LogP contribution in [0.25, 0.3) is 11.0 Å². The van der Waals surface area contributed by atoms with Gasteiger partial charge in [0.25, 0.3) is 0 Å². The number of hydrogen-bond donors (Lipinski definition) is 2. The smallest absolute Gasteiger partial charge is 0.153 e. The van der Waals surface area contributed by atoms with Gasteiger partial charge in [-0.05, 0) is 13.0 Å². The van der Waals surface area contributed by atoms with Crippen LogP contribution >= 0.6 is 0 Å². The number of carbonyl (C=O) groups excluding carboxylic acids is 1. The highest BCUT2D eigenvalue weighted by atomic mass is 16.1. The molecule has 0 radical (unpaired) electrons. The lowest BCUT2D eigenvalue weighted by Gasteiger charge is -2.06. The lowest BCUT2D eigenvalue weighted by molar-refractivity contribution is 0.112. The second-order valence-corrected chi connectivity index (χ2v) is 2.98. The van der Waals surface area contributed by atoms with Crippen LogP contribution in [0.1, 0.15) is 17.3 Å². The minimum absolute atomic E-state index is 0.596. The van der Waals surface area contributed by atoms with Crippen molar-refractivity contribution in [2.75, 3.05) is 11.9 Å². The lowest BCUT2D eigenvalue weighted by atomic mass is 10.2. The lowest BCUT2D eigenvalue weighted by Crippen LogP contribution is -2.01. The second-order valence-electron chi connectivity index (χ2n) is 2.98. The van der Waals surface area contributed by atoms with Crippen molar-refractivity contribution in [1.29, 1.82) is 0 Å². The van der Waals surface area contributed by atoms with Crippen molar-refractivity contribution in [1.82, 2.24) is 9.97 Å². The van der Waals surface area contributed by atoms with Crippen molar-refractivity contribution in [2.45, 2.75) is 6.92 Å². The average Bonchev–Trinajstić information content (AvgIpc) is 2.67. The predicted molar refractivity (Wildman–Crippen MR) is 55.6 cm³/mol. The third-order valence-corrected chi connectivity index (χ3v) is 2.10. The first-order chi connectivity index (χ1) is 6.86. The molecule has 0 saturated heterocycles. The van der Waals surface area contributed by atoms with E-state index in [0.717, 1.165) is 29.6 Å². The molecular weight excluding hydrogens is 178 g/mol. The van der Waals surface area contributed by atoms with E-state index in [-0.39, 0.29) is 0 Å². The highest BCUT2D eigenvalue weighted by Gasteiger charge is 2.07. The number of anilines is 1. The number of nitrogens with zero attached hydrogens (tertiary/aromatic N) is 1. The molecule has 0 amide bonds. The van der Waals surface area contributed by atoms with Crippen LogP contribution in [0.15, 0.2) is 18.5 Å². The Bertz CT molecular complexity index is 461. The Labute approximate surface area is 81.3 Å². The molecule has 0 bridgehead atoms. The monoisotopic (exact) mass is 189 g/mol. The van der Waals surface area contributed by atoms with Crippen molar-refractivity contribution in [3.63, 3.8) is 0 Å². The van der Waals surface area contributed by atoms with Crippen LogP contribution in [0, 0.1) is 0 Å². The van der Waals surface area contributed by atoms with Crippen LogP contribution in [0.2, 0.25) is 0 Å². The molecular formula is C10H11N3O. The Morgan fingerprint density at radius 3 is 3.21 bits per heavy atom. The van der Waals surface area contributed by atoms with Gasteiger partial charge in [0, 0.05) is 24.3 Å². The molecule has 2 N–H and O–H groups in total. The van der Waals surface area contributed by atoms with Gasteiger partial charge in [0.15, 0.2) is 6.29 Å². The number of H-pyrrole nitrogens is 1. The van der Waals surface area contributed by atoms with Gasteiger partial charge in [-0.1, -0.05) is 0 Å². The number of aldehydes is 1. The summed E-state index contributed by atoms with van der Waals surface area (Å²) in [6.07, 6.45) is 4.20. The first-order valence-electron chi connectivity index (χ1n) is 4.52. The Hall–Kier alpha value is -1.84. The van der Waals surface area contributed by atoms with Gasteiger partial charge in [0.1, 0.15) is 5.65 Å². The Morgan fingerprint density at radius 2 is 2.50 bits per heavy atom. The SMILES string of the molecule is CCNc1c(C=O)cnc2[nH]ccc12. The first-order valence-corrected chi connectivity index (χ1v) is 4.52. The van der Waals surface area contributed by atoms with E-state index in [9.17, 15) is 4.79 Å². The topological polar surface area (TPSA) is 57.8 Å². The number of aromatic amines is 1. The fourth-order valence-electron chi connectivity index (χ4n) is 1.49. The Kier molecular flexibility index (Phi) is 2.18. The Balaban J connectivity index is 2.68.